The Morgan fingerprint density at radius 2 is 2.30 bits per heavy atom. The third kappa shape index (κ3) is 2.66. The molecular formula is C6H12O3S. The fourth-order valence-corrected chi connectivity index (χ4v) is 2.05. The van der Waals surface area contributed by atoms with Crippen molar-refractivity contribution in [2.45, 2.75) is 18.9 Å². The Morgan fingerprint density at radius 1 is 1.60 bits per heavy atom. The van der Waals surface area contributed by atoms with E-state index in [2.05, 4.69) is 0 Å². The lowest BCUT2D eigenvalue weighted by Gasteiger charge is -2.05. The van der Waals surface area contributed by atoms with Gasteiger partial charge in [-0.3, -0.25) is 0 Å². The SMILES string of the molecule is CS(=O)(=O)CC1CCCO1. The second kappa shape index (κ2) is 2.88. The molecule has 0 radical (unpaired) electrons. The maximum atomic E-state index is 10.7. The molecule has 0 N–H and O–H groups in total. The monoisotopic (exact) mass is 164 g/mol. The standard InChI is InChI=1S/C6H12O3S/c1-10(7,8)5-6-3-2-4-9-6/h6H,2-5H2,1H3. The lowest BCUT2D eigenvalue weighted by atomic mass is 10.3. The maximum absolute atomic E-state index is 10.7. The molecular weight excluding hydrogens is 152 g/mol. The molecule has 0 aliphatic carbocycles. The first-order valence-electron chi connectivity index (χ1n) is 3.37. The fraction of sp³-hybridized carbons (Fsp3) is 1.00. The molecule has 0 aromatic carbocycles. The second-order valence-electron chi connectivity index (χ2n) is 2.73. The van der Waals surface area contributed by atoms with Crippen molar-refractivity contribution in [3.05, 3.63) is 0 Å². The highest BCUT2D eigenvalue weighted by Gasteiger charge is 2.19. The van der Waals surface area contributed by atoms with Crippen LogP contribution in [0.2, 0.25) is 0 Å². The molecule has 1 unspecified atom stereocenters. The van der Waals surface area contributed by atoms with Gasteiger partial charge in [0.05, 0.1) is 11.9 Å². The number of ether oxygens (including phenoxy) is 1. The zero-order chi connectivity index (χ0) is 7.61. The molecule has 0 aromatic rings. The van der Waals surface area contributed by atoms with Gasteiger partial charge in [-0.2, -0.15) is 0 Å². The fourth-order valence-electron chi connectivity index (χ4n) is 1.11. The topological polar surface area (TPSA) is 43.4 Å². The van der Waals surface area contributed by atoms with Crippen molar-refractivity contribution in [3.63, 3.8) is 0 Å². The summed E-state index contributed by atoms with van der Waals surface area (Å²) in [5, 5.41) is 0. The van der Waals surface area contributed by atoms with Crippen LogP contribution in [0.3, 0.4) is 0 Å². The Balaban J connectivity index is 2.38. The van der Waals surface area contributed by atoms with Crippen LogP contribution in [-0.2, 0) is 14.6 Å². The summed E-state index contributed by atoms with van der Waals surface area (Å²) in [5.41, 5.74) is 0. The van der Waals surface area contributed by atoms with Crippen molar-refractivity contribution in [2.75, 3.05) is 18.6 Å². The Labute approximate surface area is 61.3 Å². The van der Waals surface area contributed by atoms with E-state index in [1.807, 2.05) is 0 Å². The summed E-state index contributed by atoms with van der Waals surface area (Å²) >= 11 is 0. The molecule has 1 saturated heterocycles. The van der Waals surface area contributed by atoms with E-state index < -0.39 is 9.84 Å². The minimum Gasteiger partial charge on any atom is -0.377 e. The number of rotatable bonds is 2. The molecule has 4 heteroatoms. The van der Waals surface area contributed by atoms with E-state index in [0.717, 1.165) is 19.4 Å². The van der Waals surface area contributed by atoms with Crippen molar-refractivity contribution in [3.8, 4) is 0 Å². The first-order valence-corrected chi connectivity index (χ1v) is 5.43. The molecule has 0 aromatic heterocycles. The van der Waals surface area contributed by atoms with Crippen LogP contribution in [-0.4, -0.2) is 33.1 Å². The van der Waals surface area contributed by atoms with Crippen LogP contribution < -0.4 is 0 Å². The number of hydrogen-bond acceptors (Lipinski definition) is 3. The van der Waals surface area contributed by atoms with Gasteiger partial charge in [0, 0.05) is 12.9 Å². The molecule has 1 heterocycles. The maximum Gasteiger partial charge on any atom is 0.149 e. The smallest absolute Gasteiger partial charge is 0.149 e. The summed E-state index contributed by atoms with van der Waals surface area (Å²) < 4.78 is 26.6. The molecule has 1 aliphatic heterocycles. The number of hydrogen-bond donors (Lipinski definition) is 0. The van der Waals surface area contributed by atoms with Crippen molar-refractivity contribution in [1.82, 2.24) is 0 Å². The zero-order valence-corrected chi connectivity index (χ0v) is 6.86. The lowest BCUT2D eigenvalue weighted by molar-refractivity contribution is 0.127. The van der Waals surface area contributed by atoms with Gasteiger partial charge in [-0.15, -0.1) is 0 Å². The van der Waals surface area contributed by atoms with Crippen LogP contribution in [0.5, 0.6) is 0 Å². The van der Waals surface area contributed by atoms with Gasteiger partial charge in [-0.05, 0) is 12.8 Å². The summed E-state index contributed by atoms with van der Waals surface area (Å²) in [6.45, 7) is 0.722. The van der Waals surface area contributed by atoms with Gasteiger partial charge in [0.1, 0.15) is 9.84 Å². The Bertz CT molecular complexity index is 189. The quantitative estimate of drug-likeness (QED) is 0.586. The molecule has 1 atom stereocenters. The first-order chi connectivity index (χ1) is 4.58. The van der Waals surface area contributed by atoms with E-state index in [4.69, 9.17) is 4.74 Å². The highest BCUT2D eigenvalue weighted by molar-refractivity contribution is 7.90. The molecule has 1 fully saturated rings. The predicted molar refractivity (Wildman–Crippen MR) is 38.7 cm³/mol. The van der Waals surface area contributed by atoms with Gasteiger partial charge >= 0.3 is 0 Å². The third-order valence-electron chi connectivity index (χ3n) is 1.51. The van der Waals surface area contributed by atoms with Crippen LogP contribution in [0.1, 0.15) is 12.8 Å². The highest BCUT2D eigenvalue weighted by Crippen LogP contribution is 2.12. The minimum absolute atomic E-state index is 0.0324. The van der Waals surface area contributed by atoms with Crippen LogP contribution in [0, 0.1) is 0 Å². The van der Waals surface area contributed by atoms with E-state index in [0.29, 0.717) is 0 Å². The molecule has 1 aliphatic rings. The van der Waals surface area contributed by atoms with E-state index in [1.54, 1.807) is 0 Å². The van der Waals surface area contributed by atoms with Gasteiger partial charge in [-0.25, -0.2) is 8.42 Å². The highest BCUT2D eigenvalue weighted by atomic mass is 32.2. The number of sulfone groups is 1. The zero-order valence-electron chi connectivity index (χ0n) is 6.04. The van der Waals surface area contributed by atoms with Crippen molar-refractivity contribution in [2.24, 2.45) is 0 Å². The Morgan fingerprint density at radius 3 is 2.70 bits per heavy atom. The summed E-state index contributed by atoms with van der Waals surface area (Å²) in [6, 6.07) is 0. The van der Waals surface area contributed by atoms with Crippen LogP contribution in [0.15, 0.2) is 0 Å². The molecule has 0 amide bonds. The van der Waals surface area contributed by atoms with Gasteiger partial charge in [-0.1, -0.05) is 0 Å². The summed E-state index contributed by atoms with van der Waals surface area (Å²) in [4.78, 5) is 0. The average molecular weight is 164 g/mol. The molecule has 3 nitrogen and oxygen atoms in total. The predicted octanol–water partition coefficient (Wildman–Crippen LogP) is 0.210. The lowest BCUT2D eigenvalue weighted by Crippen LogP contribution is -2.18. The molecule has 60 valence electrons. The first kappa shape index (κ1) is 8.01. The van der Waals surface area contributed by atoms with E-state index >= 15 is 0 Å². The van der Waals surface area contributed by atoms with Crippen molar-refractivity contribution in [1.29, 1.82) is 0 Å². The summed E-state index contributed by atoms with van der Waals surface area (Å²) in [6.07, 6.45) is 3.11. The molecule has 10 heavy (non-hydrogen) atoms. The Kier molecular flexibility index (Phi) is 2.31. The van der Waals surface area contributed by atoms with E-state index in [1.165, 1.54) is 6.26 Å². The largest absolute Gasteiger partial charge is 0.377 e. The van der Waals surface area contributed by atoms with Gasteiger partial charge in [0.15, 0.2) is 0 Å². The van der Waals surface area contributed by atoms with Crippen molar-refractivity contribution >= 4 is 9.84 Å². The van der Waals surface area contributed by atoms with Crippen LogP contribution in [0.25, 0.3) is 0 Å². The second-order valence-corrected chi connectivity index (χ2v) is 4.91. The van der Waals surface area contributed by atoms with E-state index in [9.17, 15) is 8.42 Å². The van der Waals surface area contributed by atoms with Crippen molar-refractivity contribution < 1.29 is 13.2 Å². The minimum atomic E-state index is -2.83. The van der Waals surface area contributed by atoms with Gasteiger partial charge < -0.3 is 4.74 Å². The molecule has 0 bridgehead atoms. The van der Waals surface area contributed by atoms with E-state index in [-0.39, 0.29) is 11.9 Å². The van der Waals surface area contributed by atoms with Gasteiger partial charge in [0.2, 0.25) is 0 Å². The normalized spacial score (nSPS) is 27.1. The summed E-state index contributed by atoms with van der Waals surface area (Å²) in [5.74, 6) is 0.188. The third-order valence-corrected chi connectivity index (χ3v) is 2.49. The molecule has 1 rings (SSSR count). The summed E-state index contributed by atoms with van der Waals surface area (Å²) in [7, 11) is -2.83. The Hall–Kier alpha value is -0.0900. The average Bonchev–Trinajstić information content (AvgIpc) is 2.12. The van der Waals surface area contributed by atoms with Crippen LogP contribution in [0.4, 0.5) is 0 Å². The molecule has 0 saturated carbocycles. The molecule has 0 spiro atoms. The van der Waals surface area contributed by atoms with Crippen LogP contribution >= 0.6 is 0 Å². The van der Waals surface area contributed by atoms with Gasteiger partial charge in [0.25, 0.3) is 0 Å².